The zero-order valence-corrected chi connectivity index (χ0v) is 14.6. The Morgan fingerprint density at radius 1 is 1.24 bits per heavy atom. The molecule has 3 aromatic heterocycles. The summed E-state index contributed by atoms with van der Waals surface area (Å²) in [5.41, 5.74) is 1.11. The Hall–Kier alpha value is -2.64. The number of rotatable bonds is 5. The average molecular weight is 342 g/mol. The number of piperidine rings is 1. The third-order valence-corrected chi connectivity index (χ3v) is 4.82. The summed E-state index contributed by atoms with van der Waals surface area (Å²) in [5, 5.41) is 12.8. The zero-order valence-electron chi connectivity index (χ0n) is 14.6. The van der Waals surface area contributed by atoms with Crippen LogP contribution in [-0.2, 0) is 19.9 Å². The number of nitrogens with zero attached hydrogens (tertiary/aromatic N) is 6. The van der Waals surface area contributed by atoms with Gasteiger partial charge in [-0.15, -0.1) is 10.2 Å². The summed E-state index contributed by atoms with van der Waals surface area (Å²) in [6.07, 6.45) is 7.24. The monoisotopic (exact) mass is 342 g/mol. The second-order valence-corrected chi connectivity index (χ2v) is 6.65. The van der Waals surface area contributed by atoms with Crippen molar-refractivity contribution in [2.24, 2.45) is 13.0 Å². The highest BCUT2D eigenvalue weighted by molar-refractivity contribution is 5.32. The Balaban J connectivity index is 1.37. The van der Waals surface area contributed by atoms with E-state index in [4.69, 9.17) is 8.94 Å². The van der Waals surface area contributed by atoms with Gasteiger partial charge in [0.2, 0.25) is 11.8 Å². The van der Waals surface area contributed by atoms with E-state index in [1.54, 1.807) is 12.5 Å². The van der Waals surface area contributed by atoms with E-state index < -0.39 is 0 Å². The van der Waals surface area contributed by atoms with Crippen LogP contribution in [0, 0.1) is 12.8 Å². The van der Waals surface area contributed by atoms with Crippen molar-refractivity contribution in [2.45, 2.75) is 32.6 Å². The molecule has 4 heterocycles. The number of furan rings is 1. The normalized spacial score (nSPS) is 15.8. The molecule has 1 aliphatic rings. The first-order valence-electron chi connectivity index (χ1n) is 8.62. The van der Waals surface area contributed by atoms with Gasteiger partial charge in [0, 0.05) is 39.9 Å². The molecule has 25 heavy (non-hydrogen) atoms. The van der Waals surface area contributed by atoms with E-state index in [1.165, 1.54) is 0 Å². The standard InChI is InChI=1S/C17H22N6O2/c1-12-18-15(21-25-12)9-13-3-6-23(7-4-13)17-20-19-16(22(17)2)10-14-5-8-24-11-14/h5,8,11,13H,3-4,6-7,9-10H2,1-2H3. The Morgan fingerprint density at radius 3 is 2.76 bits per heavy atom. The third kappa shape index (κ3) is 3.42. The third-order valence-electron chi connectivity index (χ3n) is 4.82. The SMILES string of the molecule is Cc1nc(CC2CCN(c3nnc(Cc4ccoc4)n3C)CC2)no1. The minimum atomic E-state index is 0.590. The second kappa shape index (κ2) is 6.70. The van der Waals surface area contributed by atoms with Crippen molar-refractivity contribution in [1.82, 2.24) is 24.9 Å². The van der Waals surface area contributed by atoms with Crippen LogP contribution in [0.4, 0.5) is 5.95 Å². The van der Waals surface area contributed by atoms with Crippen LogP contribution in [0.3, 0.4) is 0 Å². The summed E-state index contributed by atoms with van der Waals surface area (Å²) in [6, 6.07) is 1.96. The summed E-state index contributed by atoms with van der Waals surface area (Å²) in [7, 11) is 2.03. The largest absolute Gasteiger partial charge is 0.472 e. The summed E-state index contributed by atoms with van der Waals surface area (Å²) in [5.74, 6) is 3.92. The number of aryl methyl sites for hydroxylation is 1. The smallest absolute Gasteiger partial charge is 0.226 e. The fraction of sp³-hybridized carbons (Fsp3) is 0.529. The molecule has 4 rings (SSSR count). The minimum absolute atomic E-state index is 0.590. The van der Waals surface area contributed by atoms with Crippen molar-refractivity contribution in [3.8, 4) is 0 Å². The maximum absolute atomic E-state index is 5.13. The highest BCUT2D eigenvalue weighted by Crippen LogP contribution is 2.24. The van der Waals surface area contributed by atoms with Gasteiger partial charge in [-0.05, 0) is 30.4 Å². The van der Waals surface area contributed by atoms with Gasteiger partial charge in [-0.3, -0.25) is 0 Å². The molecule has 0 saturated carbocycles. The molecule has 132 valence electrons. The fourth-order valence-corrected chi connectivity index (χ4v) is 3.38. The summed E-state index contributed by atoms with van der Waals surface area (Å²) in [6.45, 7) is 3.77. The fourth-order valence-electron chi connectivity index (χ4n) is 3.38. The van der Waals surface area contributed by atoms with Crippen molar-refractivity contribution in [3.63, 3.8) is 0 Å². The van der Waals surface area contributed by atoms with Crippen molar-refractivity contribution >= 4 is 5.95 Å². The first-order valence-corrected chi connectivity index (χ1v) is 8.62. The lowest BCUT2D eigenvalue weighted by atomic mass is 9.93. The lowest BCUT2D eigenvalue weighted by Gasteiger charge is -2.31. The van der Waals surface area contributed by atoms with Crippen LogP contribution in [0.15, 0.2) is 27.5 Å². The molecule has 1 saturated heterocycles. The van der Waals surface area contributed by atoms with Crippen molar-refractivity contribution < 1.29 is 8.94 Å². The number of hydrogen-bond acceptors (Lipinski definition) is 7. The van der Waals surface area contributed by atoms with Crippen molar-refractivity contribution in [2.75, 3.05) is 18.0 Å². The molecule has 3 aromatic rings. The quantitative estimate of drug-likeness (QED) is 0.702. The van der Waals surface area contributed by atoms with Gasteiger partial charge < -0.3 is 18.4 Å². The van der Waals surface area contributed by atoms with E-state index in [2.05, 4.69) is 29.8 Å². The highest BCUT2D eigenvalue weighted by atomic mass is 16.5. The molecule has 0 atom stereocenters. The summed E-state index contributed by atoms with van der Waals surface area (Å²) >= 11 is 0. The van der Waals surface area contributed by atoms with Crippen LogP contribution in [0.25, 0.3) is 0 Å². The molecular formula is C17H22N6O2. The molecule has 1 aliphatic heterocycles. The van der Waals surface area contributed by atoms with Crippen LogP contribution in [0.2, 0.25) is 0 Å². The number of hydrogen-bond donors (Lipinski definition) is 0. The highest BCUT2D eigenvalue weighted by Gasteiger charge is 2.24. The molecule has 0 bridgehead atoms. The maximum Gasteiger partial charge on any atom is 0.226 e. The maximum atomic E-state index is 5.13. The van der Waals surface area contributed by atoms with E-state index in [-0.39, 0.29) is 0 Å². The van der Waals surface area contributed by atoms with E-state index >= 15 is 0 Å². The van der Waals surface area contributed by atoms with Crippen molar-refractivity contribution in [1.29, 1.82) is 0 Å². The van der Waals surface area contributed by atoms with Gasteiger partial charge in [0.15, 0.2) is 5.82 Å². The molecular weight excluding hydrogens is 320 g/mol. The topological polar surface area (TPSA) is 86.0 Å². The van der Waals surface area contributed by atoms with Gasteiger partial charge in [0.1, 0.15) is 5.82 Å². The van der Waals surface area contributed by atoms with Gasteiger partial charge in [-0.2, -0.15) is 4.98 Å². The van der Waals surface area contributed by atoms with E-state index in [1.807, 2.05) is 20.0 Å². The van der Waals surface area contributed by atoms with Gasteiger partial charge >= 0.3 is 0 Å². The molecule has 0 unspecified atom stereocenters. The van der Waals surface area contributed by atoms with Crippen LogP contribution in [0.1, 0.15) is 35.9 Å². The lowest BCUT2D eigenvalue weighted by molar-refractivity contribution is 0.364. The molecule has 0 amide bonds. The van der Waals surface area contributed by atoms with Crippen LogP contribution in [-0.4, -0.2) is 38.0 Å². The predicted octanol–water partition coefficient (Wildman–Crippen LogP) is 2.15. The molecule has 8 nitrogen and oxygen atoms in total. The number of anilines is 1. The van der Waals surface area contributed by atoms with Crippen LogP contribution >= 0.6 is 0 Å². The van der Waals surface area contributed by atoms with Crippen molar-refractivity contribution in [3.05, 3.63) is 41.7 Å². The van der Waals surface area contributed by atoms with Gasteiger partial charge in [0.25, 0.3) is 0 Å². The Kier molecular flexibility index (Phi) is 4.25. The Labute approximate surface area is 145 Å². The molecule has 0 aromatic carbocycles. The molecule has 0 N–H and O–H groups in total. The second-order valence-electron chi connectivity index (χ2n) is 6.65. The van der Waals surface area contributed by atoms with E-state index in [0.717, 1.165) is 61.9 Å². The molecule has 8 heteroatoms. The minimum Gasteiger partial charge on any atom is -0.472 e. The van der Waals surface area contributed by atoms with E-state index in [0.29, 0.717) is 11.8 Å². The summed E-state index contributed by atoms with van der Waals surface area (Å²) < 4.78 is 12.3. The molecule has 0 radical (unpaired) electrons. The average Bonchev–Trinajstić information content (AvgIpc) is 3.33. The molecule has 1 fully saturated rings. The van der Waals surface area contributed by atoms with Gasteiger partial charge in [-0.1, -0.05) is 5.16 Å². The van der Waals surface area contributed by atoms with Crippen LogP contribution in [0.5, 0.6) is 0 Å². The summed E-state index contributed by atoms with van der Waals surface area (Å²) in [4.78, 5) is 6.62. The predicted molar refractivity (Wildman–Crippen MR) is 90.2 cm³/mol. The Bertz CT molecular complexity index is 814. The zero-order chi connectivity index (χ0) is 17.2. The first-order chi connectivity index (χ1) is 12.2. The van der Waals surface area contributed by atoms with Gasteiger partial charge in [-0.25, -0.2) is 0 Å². The first kappa shape index (κ1) is 15.9. The lowest BCUT2D eigenvalue weighted by Crippen LogP contribution is -2.36. The molecule has 0 aliphatic carbocycles. The van der Waals surface area contributed by atoms with E-state index in [9.17, 15) is 0 Å². The van der Waals surface area contributed by atoms with Gasteiger partial charge in [0.05, 0.1) is 12.5 Å². The van der Waals surface area contributed by atoms with Crippen LogP contribution < -0.4 is 4.90 Å². The molecule has 0 spiro atoms. The Morgan fingerprint density at radius 2 is 2.08 bits per heavy atom. The number of aromatic nitrogens is 5.